The Kier molecular flexibility index (Phi) is 6.98. The van der Waals surface area contributed by atoms with Crippen LogP contribution in [0.4, 0.5) is 0 Å². The first-order valence-corrected chi connectivity index (χ1v) is 4.74. The Morgan fingerprint density at radius 3 is 2.62 bits per heavy atom. The Hall–Kier alpha value is -1.05. The summed E-state index contributed by atoms with van der Waals surface area (Å²) in [5.41, 5.74) is 0.256. The lowest BCUT2D eigenvalue weighted by Crippen LogP contribution is -1.96. The van der Waals surface area contributed by atoms with Gasteiger partial charge in [0.1, 0.15) is 0 Å². The van der Waals surface area contributed by atoms with Gasteiger partial charge in [-0.1, -0.05) is 38.5 Å². The van der Waals surface area contributed by atoms with Crippen LogP contribution in [-0.2, 0) is 4.79 Å². The number of hydrogen-bond donors (Lipinski definition) is 1. The first kappa shape index (κ1) is 11.9. The maximum absolute atomic E-state index is 10.3. The van der Waals surface area contributed by atoms with Crippen LogP contribution in [0, 0.1) is 0 Å². The van der Waals surface area contributed by atoms with Crippen molar-refractivity contribution in [2.24, 2.45) is 0 Å². The first-order chi connectivity index (χ1) is 6.18. The van der Waals surface area contributed by atoms with Crippen molar-refractivity contribution in [3.05, 3.63) is 24.3 Å². The van der Waals surface area contributed by atoms with Gasteiger partial charge in [0.05, 0.1) is 0 Å². The molecule has 0 aromatic carbocycles. The molecule has 13 heavy (non-hydrogen) atoms. The SMILES string of the molecule is C=C(C/C=C/CCCCC)C(=O)O. The summed E-state index contributed by atoms with van der Waals surface area (Å²) in [5.74, 6) is -0.904. The van der Waals surface area contributed by atoms with E-state index in [1.165, 1.54) is 19.3 Å². The Morgan fingerprint density at radius 1 is 1.38 bits per heavy atom. The molecule has 1 N–H and O–H groups in total. The van der Waals surface area contributed by atoms with Crippen molar-refractivity contribution in [3.8, 4) is 0 Å². The molecule has 2 heteroatoms. The van der Waals surface area contributed by atoms with E-state index in [-0.39, 0.29) is 5.57 Å². The molecule has 0 fully saturated rings. The monoisotopic (exact) mass is 182 g/mol. The number of unbranched alkanes of at least 4 members (excludes halogenated alkanes) is 3. The number of carboxylic acids is 1. The number of hydrogen-bond acceptors (Lipinski definition) is 1. The summed E-state index contributed by atoms with van der Waals surface area (Å²) < 4.78 is 0. The molecule has 74 valence electrons. The quantitative estimate of drug-likeness (QED) is 0.373. The molecule has 0 unspecified atom stereocenters. The molecular weight excluding hydrogens is 164 g/mol. The van der Waals surface area contributed by atoms with Crippen LogP contribution in [-0.4, -0.2) is 11.1 Å². The fourth-order valence-corrected chi connectivity index (χ4v) is 0.943. The summed E-state index contributed by atoms with van der Waals surface area (Å²) in [7, 11) is 0. The predicted octanol–water partition coefficient (Wildman–Crippen LogP) is 3.15. The fourth-order valence-electron chi connectivity index (χ4n) is 0.943. The molecule has 2 nitrogen and oxygen atoms in total. The molecule has 0 spiro atoms. The van der Waals surface area contributed by atoms with Gasteiger partial charge < -0.3 is 5.11 Å². The molecule has 0 saturated heterocycles. The van der Waals surface area contributed by atoms with Crippen molar-refractivity contribution < 1.29 is 9.90 Å². The average molecular weight is 182 g/mol. The Balaban J connectivity index is 3.41. The van der Waals surface area contributed by atoms with Gasteiger partial charge in [0.15, 0.2) is 0 Å². The summed E-state index contributed by atoms with van der Waals surface area (Å²) in [4.78, 5) is 10.3. The summed E-state index contributed by atoms with van der Waals surface area (Å²) in [5, 5.41) is 8.49. The van der Waals surface area contributed by atoms with E-state index in [1.807, 2.05) is 12.2 Å². The van der Waals surface area contributed by atoms with E-state index in [0.29, 0.717) is 6.42 Å². The highest BCUT2D eigenvalue weighted by Crippen LogP contribution is 2.03. The molecule has 0 aliphatic carbocycles. The van der Waals surface area contributed by atoms with E-state index in [2.05, 4.69) is 13.5 Å². The van der Waals surface area contributed by atoms with Crippen molar-refractivity contribution in [1.29, 1.82) is 0 Å². The molecule has 0 radical (unpaired) electrons. The fraction of sp³-hybridized carbons (Fsp3) is 0.545. The standard InChI is InChI=1S/C11H18O2/c1-3-4-5-6-7-8-9-10(2)11(12)13/h7-8H,2-6,9H2,1H3,(H,12,13)/b8-7+. The Labute approximate surface area is 80.0 Å². The lowest BCUT2D eigenvalue weighted by molar-refractivity contribution is -0.132. The van der Waals surface area contributed by atoms with Crippen LogP contribution < -0.4 is 0 Å². The smallest absolute Gasteiger partial charge is 0.331 e. The second-order valence-corrected chi connectivity index (χ2v) is 3.08. The molecule has 0 heterocycles. The zero-order valence-electron chi connectivity index (χ0n) is 8.25. The molecule has 0 aliphatic heterocycles. The third-order valence-electron chi connectivity index (χ3n) is 1.81. The van der Waals surface area contributed by atoms with Crippen molar-refractivity contribution in [2.75, 3.05) is 0 Å². The number of carbonyl (C=O) groups is 1. The minimum atomic E-state index is -0.904. The average Bonchev–Trinajstić information content (AvgIpc) is 2.10. The summed E-state index contributed by atoms with van der Waals surface area (Å²) >= 11 is 0. The first-order valence-electron chi connectivity index (χ1n) is 4.74. The molecule has 0 saturated carbocycles. The zero-order chi connectivity index (χ0) is 10.1. The van der Waals surface area contributed by atoms with Gasteiger partial charge in [0.25, 0.3) is 0 Å². The molecule has 0 bridgehead atoms. The molecule has 0 aromatic heterocycles. The minimum Gasteiger partial charge on any atom is -0.478 e. The Morgan fingerprint density at radius 2 is 2.08 bits per heavy atom. The van der Waals surface area contributed by atoms with Crippen molar-refractivity contribution in [1.82, 2.24) is 0 Å². The van der Waals surface area contributed by atoms with E-state index < -0.39 is 5.97 Å². The zero-order valence-corrected chi connectivity index (χ0v) is 8.25. The third-order valence-corrected chi connectivity index (χ3v) is 1.81. The van der Waals surface area contributed by atoms with E-state index in [0.717, 1.165) is 6.42 Å². The normalized spacial score (nSPS) is 10.5. The van der Waals surface area contributed by atoms with Crippen molar-refractivity contribution >= 4 is 5.97 Å². The van der Waals surface area contributed by atoms with Crippen LogP contribution in [0.5, 0.6) is 0 Å². The minimum absolute atomic E-state index is 0.256. The maximum Gasteiger partial charge on any atom is 0.331 e. The van der Waals surface area contributed by atoms with Crippen molar-refractivity contribution in [3.63, 3.8) is 0 Å². The van der Waals surface area contributed by atoms with Crippen LogP contribution in [0.15, 0.2) is 24.3 Å². The van der Waals surface area contributed by atoms with Gasteiger partial charge in [-0.15, -0.1) is 0 Å². The van der Waals surface area contributed by atoms with Gasteiger partial charge in [0, 0.05) is 5.57 Å². The largest absolute Gasteiger partial charge is 0.478 e. The van der Waals surface area contributed by atoms with Crippen LogP contribution in [0.2, 0.25) is 0 Å². The predicted molar refractivity (Wildman–Crippen MR) is 54.7 cm³/mol. The van der Waals surface area contributed by atoms with Gasteiger partial charge in [-0.2, -0.15) is 0 Å². The summed E-state index contributed by atoms with van der Waals surface area (Å²) in [6, 6.07) is 0. The van der Waals surface area contributed by atoms with Crippen LogP contribution >= 0.6 is 0 Å². The van der Waals surface area contributed by atoms with Crippen LogP contribution in [0.1, 0.15) is 39.0 Å². The van der Waals surface area contributed by atoms with Gasteiger partial charge >= 0.3 is 5.97 Å². The molecule has 0 aliphatic rings. The third kappa shape index (κ3) is 7.32. The number of rotatable bonds is 7. The highest BCUT2D eigenvalue weighted by molar-refractivity contribution is 5.85. The number of aliphatic carboxylic acids is 1. The maximum atomic E-state index is 10.3. The van der Waals surface area contributed by atoms with E-state index in [4.69, 9.17) is 5.11 Å². The molecular formula is C11H18O2. The van der Waals surface area contributed by atoms with E-state index in [1.54, 1.807) is 0 Å². The molecule has 0 atom stereocenters. The summed E-state index contributed by atoms with van der Waals surface area (Å²) in [6.07, 6.45) is 9.06. The van der Waals surface area contributed by atoms with Crippen LogP contribution in [0.25, 0.3) is 0 Å². The second kappa shape index (κ2) is 7.59. The highest BCUT2D eigenvalue weighted by atomic mass is 16.4. The number of allylic oxidation sites excluding steroid dienone is 2. The Bertz CT molecular complexity index is 192. The molecule has 0 amide bonds. The summed E-state index contributed by atoms with van der Waals surface area (Å²) in [6.45, 7) is 5.60. The molecule has 0 aromatic rings. The lowest BCUT2D eigenvalue weighted by Gasteiger charge is -1.93. The van der Waals surface area contributed by atoms with Gasteiger partial charge in [0.2, 0.25) is 0 Å². The van der Waals surface area contributed by atoms with Gasteiger partial charge in [-0.3, -0.25) is 0 Å². The van der Waals surface area contributed by atoms with Crippen molar-refractivity contribution in [2.45, 2.75) is 39.0 Å². The second-order valence-electron chi connectivity index (χ2n) is 3.08. The van der Waals surface area contributed by atoms with Gasteiger partial charge in [-0.25, -0.2) is 4.79 Å². The highest BCUT2D eigenvalue weighted by Gasteiger charge is 1.98. The molecule has 0 rings (SSSR count). The van der Waals surface area contributed by atoms with Gasteiger partial charge in [-0.05, 0) is 19.3 Å². The number of carboxylic acid groups (broad SMARTS) is 1. The van der Waals surface area contributed by atoms with Crippen LogP contribution in [0.3, 0.4) is 0 Å². The lowest BCUT2D eigenvalue weighted by atomic mass is 10.1. The van der Waals surface area contributed by atoms with E-state index >= 15 is 0 Å². The topological polar surface area (TPSA) is 37.3 Å². The van der Waals surface area contributed by atoms with E-state index in [9.17, 15) is 4.79 Å².